The summed E-state index contributed by atoms with van der Waals surface area (Å²) in [6, 6.07) is 5.53. The molecule has 2 aliphatic rings. The fraction of sp³-hybridized carbons (Fsp3) is 0.455. The van der Waals surface area contributed by atoms with Gasteiger partial charge in [0.25, 0.3) is 0 Å². The second kappa shape index (κ2) is 11.4. The van der Waals surface area contributed by atoms with E-state index < -0.39 is 40.5 Å². The average molecular weight is 545 g/mol. The minimum Gasteiger partial charge on any atom is -0.203 e. The summed E-state index contributed by atoms with van der Waals surface area (Å²) in [4.78, 5) is 0. The summed E-state index contributed by atoms with van der Waals surface area (Å²) in [5, 5.41) is 0. The van der Waals surface area contributed by atoms with Crippen LogP contribution in [0.15, 0.2) is 24.3 Å². The Morgan fingerprint density at radius 1 is 0.641 bits per heavy atom. The van der Waals surface area contributed by atoms with Crippen molar-refractivity contribution in [3.05, 3.63) is 81.4 Å². The van der Waals surface area contributed by atoms with E-state index in [-0.39, 0.29) is 45.7 Å². The van der Waals surface area contributed by atoms with E-state index in [1.165, 1.54) is 49.9 Å². The topological polar surface area (TPSA) is 0 Å². The van der Waals surface area contributed by atoms with Crippen LogP contribution in [0.1, 0.15) is 99.8 Å². The molecule has 39 heavy (non-hydrogen) atoms. The monoisotopic (exact) mass is 544 g/mol. The largest absolute Gasteiger partial charge is 0.203 e. The Labute approximate surface area is 226 Å². The van der Waals surface area contributed by atoms with Gasteiger partial charge in [-0.1, -0.05) is 64.2 Å². The van der Waals surface area contributed by atoms with Gasteiger partial charge in [0.2, 0.25) is 0 Å². The van der Waals surface area contributed by atoms with Crippen molar-refractivity contribution >= 4 is 0 Å². The van der Waals surface area contributed by atoms with Crippen molar-refractivity contribution in [2.24, 2.45) is 5.92 Å². The number of rotatable bonds is 8. The van der Waals surface area contributed by atoms with Crippen LogP contribution in [0.5, 0.6) is 0 Å². The molecule has 0 saturated heterocycles. The van der Waals surface area contributed by atoms with Gasteiger partial charge in [0.1, 0.15) is 0 Å². The smallest absolute Gasteiger partial charge is 0.167 e. The number of fused-ring (bicyclic) bond motifs is 3. The lowest BCUT2D eigenvalue weighted by Crippen LogP contribution is -2.15. The van der Waals surface area contributed by atoms with Crippen molar-refractivity contribution in [2.75, 3.05) is 0 Å². The molecule has 5 rings (SSSR count). The molecule has 0 radical (unpaired) electrons. The molecule has 3 aromatic carbocycles. The third-order valence-electron chi connectivity index (χ3n) is 8.71. The van der Waals surface area contributed by atoms with Crippen LogP contribution in [0, 0.1) is 40.8 Å². The third-order valence-corrected chi connectivity index (χ3v) is 8.71. The Hall–Kier alpha value is -2.76. The van der Waals surface area contributed by atoms with E-state index in [1.807, 2.05) is 6.92 Å². The molecule has 2 aliphatic carbocycles. The normalized spacial score (nSPS) is 18.4. The fourth-order valence-electron chi connectivity index (χ4n) is 6.62. The number of hydrogen-bond donors (Lipinski definition) is 0. The van der Waals surface area contributed by atoms with Gasteiger partial charge in [-0.25, -0.2) is 26.3 Å². The number of unbranched alkanes of at least 4 members (excludes halogenated alkanes) is 2. The van der Waals surface area contributed by atoms with Crippen molar-refractivity contribution in [3.63, 3.8) is 0 Å². The minimum atomic E-state index is -1.40. The first-order valence-corrected chi connectivity index (χ1v) is 14.3. The maximum Gasteiger partial charge on any atom is 0.167 e. The average Bonchev–Trinajstić information content (AvgIpc) is 3.30. The van der Waals surface area contributed by atoms with Crippen molar-refractivity contribution in [1.29, 1.82) is 0 Å². The summed E-state index contributed by atoms with van der Waals surface area (Å²) in [5.41, 5.74) is -0.405. The van der Waals surface area contributed by atoms with E-state index in [4.69, 9.17) is 0 Å². The molecule has 6 heteroatoms. The molecule has 1 fully saturated rings. The molecule has 1 saturated carbocycles. The zero-order chi connectivity index (χ0) is 27.8. The van der Waals surface area contributed by atoms with E-state index in [0.29, 0.717) is 24.3 Å². The third kappa shape index (κ3) is 5.00. The highest BCUT2D eigenvalue weighted by Crippen LogP contribution is 2.46. The summed E-state index contributed by atoms with van der Waals surface area (Å²) in [7, 11) is 0. The van der Waals surface area contributed by atoms with E-state index in [2.05, 4.69) is 6.92 Å². The van der Waals surface area contributed by atoms with E-state index >= 15 is 17.6 Å². The maximum absolute atomic E-state index is 15.4. The first-order valence-electron chi connectivity index (χ1n) is 14.3. The van der Waals surface area contributed by atoms with Gasteiger partial charge in [0.15, 0.2) is 34.9 Å². The predicted octanol–water partition coefficient (Wildman–Crippen LogP) is 10.6. The molecule has 0 aromatic heterocycles. The SMILES string of the molecule is CCCCCC1CCC(c2ccc(-c3cc4c(c(F)c3F)-c3c(cc(CCC)c(F)c3F)C4)c(F)c2F)CC1. The highest BCUT2D eigenvalue weighted by atomic mass is 19.2. The van der Waals surface area contributed by atoms with Gasteiger partial charge in [-0.2, -0.15) is 0 Å². The van der Waals surface area contributed by atoms with Crippen LogP contribution in [0.2, 0.25) is 0 Å². The van der Waals surface area contributed by atoms with E-state index in [9.17, 15) is 8.78 Å². The summed E-state index contributed by atoms with van der Waals surface area (Å²) in [6.45, 7) is 4.00. The Kier molecular flexibility index (Phi) is 8.11. The van der Waals surface area contributed by atoms with Crippen LogP contribution in [-0.4, -0.2) is 0 Å². The number of aryl methyl sites for hydroxylation is 1. The molecule has 0 unspecified atom stereocenters. The molecule has 0 N–H and O–H groups in total. The molecule has 0 nitrogen and oxygen atoms in total. The lowest BCUT2D eigenvalue weighted by Gasteiger charge is -2.29. The lowest BCUT2D eigenvalue weighted by atomic mass is 9.76. The highest BCUT2D eigenvalue weighted by molar-refractivity contribution is 5.82. The van der Waals surface area contributed by atoms with Gasteiger partial charge in [0, 0.05) is 22.3 Å². The molecule has 0 aliphatic heterocycles. The zero-order valence-corrected chi connectivity index (χ0v) is 22.5. The minimum absolute atomic E-state index is 0.0481. The molecule has 0 bridgehead atoms. The number of benzene rings is 3. The predicted molar refractivity (Wildman–Crippen MR) is 143 cm³/mol. The van der Waals surface area contributed by atoms with Gasteiger partial charge in [-0.05, 0) is 78.7 Å². The van der Waals surface area contributed by atoms with Crippen LogP contribution in [0.3, 0.4) is 0 Å². The van der Waals surface area contributed by atoms with Crippen LogP contribution >= 0.6 is 0 Å². The Morgan fingerprint density at radius 2 is 1.28 bits per heavy atom. The van der Waals surface area contributed by atoms with Crippen molar-refractivity contribution in [1.82, 2.24) is 0 Å². The Balaban J connectivity index is 1.45. The molecule has 3 aromatic rings. The summed E-state index contributed by atoms with van der Waals surface area (Å²) in [6.07, 6.45) is 9.18. The van der Waals surface area contributed by atoms with Crippen molar-refractivity contribution in [2.45, 2.75) is 90.4 Å². The van der Waals surface area contributed by atoms with Gasteiger partial charge in [0.05, 0.1) is 0 Å². The van der Waals surface area contributed by atoms with Crippen LogP contribution in [0.25, 0.3) is 22.3 Å². The van der Waals surface area contributed by atoms with Crippen LogP contribution < -0.4 is 0 Å². The molecule has 0 amide bonds. The van der Waals surface area contributed by atoms with Crippen LogP contribution in [0.4, 0.5) is 26.3 Å². The van der Waals surface area contributed by atoms with Gasteiger partial charge in [-0.3, -0.25) is 0 Å². The second-order valence-electron chi connectivity index (χ2n) is 11.3. The van der Waals surface area contributed by atoms with Gasteiger partial charge >= 0.3 is 0 Å². The van der Waals surface area contributed by atoms with Crippen molar-refractivity contribution < 1.29 is 26.3 Å². The first kappa shape index (κ1) is 27.8. The van der Waals surface area contributed by atoms with Crippen LogP contribution in [-0.2, 0) is 12.8 Å². The second-order valence-corrected chi connectivity index (χ2v) is 11.3. The molecular formula is C33H34F6. The molecule has 0 atom stereocenters. The Morgan fingerprint density at radius 3 is 1.95 bits per heavy atom. The summed E-state index contributed by atoms with van der Waals surface area (Å²) >= 11 is 0. The Bertz CT molecular complexity index is 1380. The standard InChI is InChI=1S/C33H34F6/c1-3-5-6-8-18-9-11-19(12-10-18)23-13-14-24(30(36)29(23)35)25-17-22-16-21-15-20(7-4-2)28(34)32(38)26(21)27(22)33(39)31(25)37/h13-15,17-19H,3-12,16H2,1-2H3. The van der Waals surface area contributed by atoms with E-state index in [1.54, 1.807) is 0 Å². The van der Waals surface area contributed by atoms with Gasteiger partial charge < -0.3 is 0 Å². The summed E-state index contributed by atoms with van der Waals surface area (Å²) < 4.78 is 91.0. The molecular weight excluding hydrogens is 510 g/mol. The molecule has 0 spiro atoms. The van der Waals surface area contributed by atoms with Gasteiger partial charge in [-0.15, -0.1) is 0 Å². The maximum atomic E-state index is 15.4. The van der Waals surface area contributed by atoms with E-state index in [0.717, 1.165) is 25.7 Å². The molecule has 208 valence electrons. The number of hydrogen-bond acceptors (Lipinski definition) is 0. The highest BCUT2D eigenvalue weighted by Gasteiger charge is 2.33. The lowest BCUT2D eigenvalue weighted by molar-refractivity contribution is 0.298. The quantitative estimate of drug-likeness (QED) is 0.153. The van der Waals surface area contributed by atoms with Crippen molar-refractivity contribution in [3.8, 4) is 22.3 Å². The number of halogens is 6. The molecule has 0 heterocycles. The first-order chi connectivity index (χ1) is 18.8. The zero-order valence-electron chi connectivity index (χ0n) is 22.5. The fourth-order valence-corrected chi connectivity index (χ4v) is 6.62. The summed E-state index contributed by atoms with van der Waals surface area (Å²) in [5.74, 6) is -6.79.